The second-order valence-electron chi connectivity index (χ2n) is 2.53. The zero-order valence-electron chi connectivity index (χ0n) is 6.40. The van der Waals surface area contributed by atoms with Gasteiger partial charge in [0.15, 0.2) is 0 Å². The summed E-state index contributed by atoms with van der Waals surface area (Å²) in [5.41, 5.74) is -0.171. The van der Waals surface area contributed by atoms with Gasteiger partial charge in [0.05, 0.1) is 0 Å². The van der Waals surface area contributed by atoms with Crippen molar-refractivity contribution >= 4 is 10.8 Å². The monoisotopic (exact) mass is 157 g/mol. The fourth-order valence-corrected chi connectivity index (χ4v) is 1.16. The Labute approximate surface area is 69.5 Å². The van der Waals surface area contributed by atoms with Crippen molar-refractivity contribution in [3.05, 3.63) is 52.9 Å². The van der Waals surface area contributed by atoms with Crippen LogP contribution in [0.5, 0.6) is 0 Å². The molecule has 0 amide bonds. The highest BCUT2D eigenvalue weighted by Gasteiger charge is 1.92. The molecule has 12 heavy (non-hydrogen) atoms. The molecule has 0 saturated carbocycles. The zero-order chi connectivity index (χ0) is 8.39. The van der Waals surface area contributed by atoms with E-state index in [9.17, 15) is 4.79 Å². The number of benzene rings is 1. The topological polar surface area (TPSA) is 30.0 Å². The van der Waals surface area contributed by atoms with Crippen LogP contribution in [-0.4, -0.2) is 4.98 Å². The molecule has 1 heterocycles. The second-order valence-corrected chi connectivity index (χ2v) is 2.53. The van der Waals surface area contributed by atoms with Crippen LogP contribution in [-0.2, 0) is 0 Å². The van der Waals surface area contributed by atoms with Crippen LogP contribution in [0.2, 0.25) is 0 Å². The molecule has 2 aromatic rings. The number of aromatic nitrogens is 1. The van der Waals surface area contributed by atoms with Gasteiger partial charge in [-0.2, -0.15) is 0 Å². The fourth-order valence-electron chi connectivity index (χ4n) is 1.16. The first-order chi connectivity index (χ1) is 5.88. The highest BCUT2D eigenvalue weighted by atomic mass is 16.1. The molecule has 0 atom stereocenters. The third-order valence-corrected chi connectivity index (χ3v) is 1.74. The summed E-state index contributed by atoms with van der Waals surface area (Å²) < 4.78 is 0. The van der Waals surface area contributed by atoms with Crippen molar-refractivity contribution in [2.24, 2.45) is 0 Å². The lowest BCUT2D eigenvalue weighted by molar-refractivity contribution is 1.29. The van der Waals surface area contributed by atoms with Gasteiger partial charge in [0, 0.05) is 11.6 Å². The Morgan fingerprint density at radius 3 is 2.67 bits per heavy atom. The average molecular weight is 157 g/mol. The lowest BCUT2D eigenvalue weighted by Gasteiger charge is -1.86. The lowest BCUT2D eigenvalue weighted by Crippen LogP contribution is -2.00. The molecule has 58 valence electrons. The average Bonchev–Trinajstić information content (AvgIpc) is 2.29. The Morgan fingerprint density at radius 2 is 1.75 bits per heavy atom. The van der Waals surface area contributed by atoms with E-state index < -0.39 is 0 Å². The molecular formula is C10H7NO. The Kier molecular flexibility index (Phi) is 1.59. The maximum absolute atomic E-state index is 11.3. The van der Waals surface area contributed by atoms with Crippen LogP contribution in [0.4, 0.5) is 0 Å². The second kappa shape index (κ2) is 2.74. The van der Waals surface area contributed by atoms with Crippen LogP contribution in [0.3, 0.4) is 0 Å². The van der Waals surface area contributed by atoms with Gasteiger partial charge in [-0.15, -0.1) is 0 Å². The minimum atomic E-state index is -0.171. The van der Waals surface area contributed by atoms with Crippen LogP contribution in [0.15, 0.2) is 47.4 Å². The summed E-state index contributed by atoms with van der Waals surface area (Å²) in [6, 6.07) is 11.1. The van der Waals surface area contributed by atoms with Crippen molar-refractivity contribution in [1.82, 2.24) is 4.98 Å². The van der Waals surface area contributed by atoms with Crippen molar-refractivity contribution in [1.29, 1.82) is 0 Å². The van der Waals surface area contributed by atoms with Crippen LogP contribution in [0.25, 0.3) is 10.8 Å². The zero-order valence-corrected chi connectivity index (χ0v) is 6.40. The Morgan fingerprint density at radius 1 is 1.00 bits per heavy atom. The molecule has 0 unspecified atom stereocenters. The van der Waals surface area contributed by atoms with Crippen LogP contribution in [0.1, 0.15) is 0 Å². The predicted octanol–water partition coefficient (Wildman–Crippen LogP) is 1.59. The maximum atomic E-state index is 11.3. The normalized spacial score (nSPS) is 10.0. The van der Waals surface area contributed by atoms with E-state index in [0.717, 1.165) is 5.39 Å². The van der Waals surface area contributed by atoms with Crippen molar-refractivity contribution in [3.8, 4) is 0 Å². The Balaban J connectivity index is 3.06. The molecule has 0 radical (unpaired) electrons. The van der Waals surface area contributed by atoms with E-state index in [1.807, 2.05) is 24.3 Å². The van der Waals surface area contributed by atoms with Gasteiger partial charge in [-0.05, 0) is 17.5 Å². The first kappa shape index (κ1) is 6.98. The third-order valence-electron chi connectivity index (χ3n) is 1.74. The molecule has 0 aliphatic heterocycles. The Hall–Kier alpha value is -1.70. The summed E-state index contributed by atoms with van der Waals surface area (Å²) in [6.07, 6.45) is 1.52. The van der Waals surface area contributed by atoms with Gasteiger partial charge in [-0.25, -0.2) is 4.98 Å². The van der Waals surface area contributed by atoms with Crippen molar-refractivity contribution in [2.75, 3.05) is 0 Å². The van der Waals surface area contributed by atoms with E-state index in [-0.39, 0.29) is 5.56 Å². The molecule has 0 saturated heterocycles. The minimum absolute atomic E-state index is 0.171. The number of nitrogens with zero attached hydrogens (tertiary/aromatic N) is 1. The summed E-state index contributed by atoms with van der Waals surface area (Å²) in [4.78, 5) is 15.0. The van der Waals surface area contributed by atoms with Gasteiger partial charge >= 0.3 is 0 Å². The molecule has 1 aromatic heterocycles. The van der Waals surface area contributed by atoms with E-state index in [4.69, 9.17) is 0 Å². The lowest BCUT2D eigenvalue weighted by atomic mass is 10.2. The summed E-state index contributed by atoms with van der Waals surface area (Å²) in [5, 5.41) is 1.60. The number of rotatable bonds is 0. The highest BCUT2D eigenvalue weighted by Crippen LogP contribution is 2.05. The fraction of sp³-hybridized carbons (Fsp3) is 0. The van der Waals surface area contributed by atoms with E-state index in [1.165, 1.54) is 6.20 Å². The third kappa shape index (κ3) is 1.07. The van der Waals surface area contributed by atoms with Crippen LogP contribution >= 0.6 is 0 Å². The SMILES string of the molecule is O=c1ncccc2ccccc12. The molecule has 2 heteroatoms. The van der Waals surface area contributed by atoms with Gasteiger partial charge in [0.1, 0.15) is 0 Å². The van der Waals surface area contributed by atoms with Crippen LogP contribution < -0.4 is 5.56 Å². The van der Waals surface area contributed by atoms with Crippen molar-refractivity contribution in [3.63, 3.8) is 0 Å². The van der Waals surface area contributed by atoms with E-state index in [2.05, 4.69) is 4.98 Å². The van der Waals surface area contributed by atoms with Gasteiger partial charge in [0.25, 0.3) is 5.56 Å². The number of hydrogen-bond acceptors (Lipinski definition) is 2. The summed E-state index contributed by atoms with van der Waals surface area (Å²) in [6.45, 7) is 0. The molecule has 0 spiro atoms. The van der Waals surface area contributed by atoms with E-state index >= 15 is 0 Å². The number of fused-ring (bicyclic) bond motifs is 1. The van der Waals surface area contributed by atoms with Crippen molar-refractivity contribution in [2.45, 2.75) is 0 Å². The maximum Gasteiger partial charge on any atom is 0.277 e. The first-order valence-corrected chi connectivity index (χ1v) is 3.72. The largest absolute Gasteiger partial charge is 0.277 e. The van der Waals surface area contributed by atoms with E-state index in [1.54, 1.807) is 12.1 Å². The summed E-state index contributed by atoms with van der Waals surface area (Å²) in [5.74, 6) is 0. The van der Waals surface area contributed by atoms with Gasteiger partial charge in [0.2, 0.25) is 0 Å². The highest BCUT2D eigenvalue weighted by molar-refractivity contribution is 5.80. The minimum Gasteiger partial charge on any atom is -0.267 e. The molecule has 2 nitrogen and oxygen atoms in total. The van der Waals surface area contributed by atoms with Gasteiger partial charge < -0.3 is 0 Å². The number of hydrogen-bond donors (Lipinski definition) is 0. The smallest absolute Gasteiger partial charge is 0.267 e. The van der Waals surface area contributed by atoms with Crippen molar-refractivity contribution < 1.29 is 0 Å². The quantitative estimate of drug-likeness (QED) is 0.581. The molecule has 2 rings (SSSR count). The summed E-state index contributed by atoms with van der Waals surface area (Å²) in [7, 11) is 0. The van der Waals surface area contributed by atoms with E-state index in [0.29, 0.717) is 5.39 Å². The van der Waals surface area contributed by atoms with Gasteiger partial charge in [-0.1, -0.05) is 24.3 Å². The molecule has 0 aliphatic rings. The molecule has 0 N–H and O–H groups in total. The molecule has 0 bridgehead atoms. The summed E-state index contributed by atoms with van der Waals surface area (Å²) >= 11 is 0. The first-order valence-electron chi connectivity index (χ1n) is 3.72. The predicted molar refractivity (Wildman–Crippen MR) is 48.0 cm³/mol. The van der Waals surface area contributed by atoms with Crippen LogP contribution in [0, 0.1) is 0 Å². The molecule has 1 aromatic carbocycles. The van der Waals surface area contributed by atoms with Gasteiger partial charge in [-0.3, -0.25) is 4.79 Å². The molecule has 0 fully saturated rings. The Bertz CT molecular complexity index is 465. The standard InChI is InChI=1S/C10H7NO/c12-10-9-6-2-1-4-8(9)5-3-7-11-10/h1-7H. The molecular weight excluding hydrogens is 150 g/mol. The molecule has 0 aliphatic carbocycles.